The zero-order valence-corrected chi connectivity index (χ0v) is 10.5. The van der Waals surface area contributed by atoms with E-state index in [2.05, 4.69) is 5.92 Å². The summed E-state index contributed by atoms with van der Waals surface area (Å²) >= 11 is 0. The molecular formula is C14H15NO3. The molecule has 0 aliphatic carbocycles. The average molecular weight is 245 g/mol. The minimum absolute atomic E-state index is 0.00871. The van der Waals surface area contributed by atoms with Crippen LogP contribution in [0.5, 0.6) is 11.5 Å². The summed E-state index contributed by atoms with van der Waals surface area (Å²) in [7, 11) is 3.14. The molecule has 0 aromatic heterocycles. The number of terminal acetylenes is 1. The van der Waals surface area contributed by atoms with Crippen molar-refractivity contribution in [2.45, 2.75) is 6.42 Å². The molecular weight excluding hydrogens is 230 g/mol. The van der Waals surface area contributed by atoms with Gasteiger partial charge in [-0.25, -0.2) is 0 Å². The molecule has 1 saturated heterocycles. The van der Waals surface area contributed by atoms with E-state index in [1.807, 2.05) is 6.07 Å². The van der Waals surface area contributed by atoms with Crippen LogP contribution in [0, 0.1) is 18.3 Å². The van der Waals surface area contributed by atoms with Crippen molar-refractivity contribution in [3.8, 4) is 23.8 Å². The molecule has 0 N–H and O–H groups in total. The lowest BCUT2D eigenvalue weighted by atomic mass is 10.1. The summed E-state index contributed by atoms with van der Waals surface area (Å²) in [6.07, 6.45) is 5.77. The third-order valence-electron chi connectivity index (χ3n) is 3.04. The number of hydrogen-bond donors (Lipinski definition) is 0. The molecule has 0 bridgehead atoms. The van der Waals surface area contributed by atoms with Crippen molar-refractivity contribution in [3.63, 3.8) is 0 Å². The fraction of sp³-hybridized carbons (Fsp3) is 0.357. The maximum absolute atomic E-state index is 11.9. The Morgan fingerprint density at radius 3 is 2.61 bits per heavy atom. The van der Waals surface area contributed by atoms with Crippen LogP contribution in [0.2, 0.25) is 0 Å². The lowest BCUT2D eigenvalue weighted by Crippen LogP contribution is -2.24. The van der Waals surface area contributed by atoms with E-state index in [0.717, 1.165) is 5.69 Å². The Morgan fingerprint density at radius 1 is 1.33 bits per heavy atom. The molecule has 1 aliphatic heterocycles. The second-order valence-corrected chi connectivity index (χ2v) is 4.11. The molecule has 4 nitrogen and oxygen atoms in total. The third-order valence-corrected chi connectivity index (χ3v) is 3.04. The highest BCUT2D eigenvalue weighted by atomic mass is 16.5. The van der Waals surface area contributed by atoms with Crippen molar-refractivity contribution in [3.05, 3.63) is 18.2 Å². The summed E-state index contributed by atoms with van der Waals surface area (Å²) in [6.45, 7) is 0.560. The van der Waals surface area contributed by atoms with Gasteiger partial charge in [0.2, 0.25) is 5.91 Å². The summed E-state index contributed by atoms with van der Waals surface area (Å²) in [6, 6.07) is 5.40. The van der Waals surface area contributed by atoms with Gasteiger partial charge in [-0.15, -0.1) is 12.3 Å². The molecule has 2 rings (SSSR count). The largest absolute Gasteiger partial charge is 0.493 e. The molecule has 18 heavy (non-hydrogen) atoms. The molecule has 0 radical (unpaired) electrons. The Morgan fingerprint density at radius 2 is 2.06 bits per heavy atom. The van der Waals surface area contributed by atoms with E-state index in [1.54, 1.807) is 31.3 Å². The smallest absolute Gasteiger partial charge is 0.228 e. The van der Waals surface area contributed by atoms with Crippen LogP contribution >= 0.6 is 0 Å². The van der Waals surface area contributed by atoms with E-state index < -0.39 is 0 Å². The van der Waals surface area contributed by atoms with Gasteiger partial charge in [0.05, 0.1) is 14.2 Å². The lowest BCUT2D eigenvalue weighted by molar-refractivity contribution is -0.117. The second kappa shape index (κ2) is 5.01. The van der Waals surface area contributed by atoms with E-state index in [4.69, 9.17) is 15.9 Å². The second-order valence-electron chi connectivity index (χ2n) is 4.11. The van der Waals surface area contributed by atoms with Gasteiger partial charge < -0.3 is 14.4 Å². The number of nitrogens with zero attached hydrogens (tertiary/aromatic N) is 1. The number of carbonyl (C=O) groups excluding carboxylic acids is 1. The van der Waals surface area contributed by atoms with E-state index in [1.165, 1.54) is 0 Å². The fourth-order valence-electron chi connectivity index (χ4n) is 2.06. The van der Waals surface area contributed by atoms with Crippen LogP contribution in [0.4, 0.5) is 5.69 Å². The molecule has 0 saturated carbocycles. The van der Waals surface area contributed by atoms with Crippen LogP contribution in [-0.2, 0) is 4.79 Å². The SMILES string of the molecule is C#CC1CC(=O)N(c2ccc(OC)c(OC)c2)C1. The zero-order chi connectivity index (χ0) is 13.1. The minimum Gasteiger partial charge on any atom is -0.493 e. The predicted octanol–water partition coefficient (Wildman–Crippen LogP) is 1.69. The summed E-state index contributed by atoms with van der Waals surface area (Å²) in [5.41, 5.74) is 0.787. The van der Waals surface area contributed by atoms with Gasteiger partial charge in [-0.3, -0.25) is 4.79 Å². The van der Waals surface area contributed by atoms with Gasteiger partial charge in [-0.1, -0.05) is 0 Å². The van der Waals surface area contributed by atoms with Gasteiger partial charge in [0.25, 0.3) is 0 Å². The number of benzene rings is 1. The Kier molecular flexibility index (Phi) is 3.42. The molecule has 4 heteroatoms. The molecule has 1 unspecified atom stereocenters. The van der Waals surface area contributed by atoms with Crippen LogP contribution in [0.25, 0.3) is 0 Å². The normalized spacial score (nSPS) is 18.6. The van der Waals surface area contributed by atoms with Crippen LogP contribution < -0.4 is 14.4 Å². The van der Waals surface area contributed by atoms with Crippen LogP contribution in [0.1, 0.15) is 6.42 Å². The number of carbonyl (C=O) groups is 1. The summed E-state index contributed by atoms with van der Waals surface area (Å²) in [5.74, 6) is 3.91. The Bertz CT molecular complexity index is 504. The highest BCUT2D eigenvalue weighted by molar-refractivity contribution is 5.96. The van der Waals surface area contributed by atoms with Crippen molar-refractivity contribution in [1.29, 1.82) is 0 Å². The van der Waals surface area contributed by atoms with Crippen LogP contribution in [0.3, 0.4) is 0 Å². The number of rotatable bonds is 3. The van der Waals surface area contributed by atoms with Gasteiger partial charge in [0, 0.05) is 30.6 Å². The molecule has 1 aliphatic rings. The van der Waals surface area contributed by atoms with Gasteiger partial charge in [-0.05, 0) is 12.1 Å². The van der Waals surface area contributed by atoms with E-state index in [9.17, 15) is 4.79 Å². The number of anilines is 1. The molecule has 1 aromatic carbocycles. The first kappa shape index (κ1) is 12.3. The van der Waals surface area contributed by atoms with Crippen molar-refractivity contribution in [2.75, 3.05) is 25.7 Å². The predicted molar refractivity (Wildman–Crippen MR) is 68.8 cm³/mol. The number of ether oxygens (including phenoxy) is 2. The molecule has 1 heterocycles. The zero-order valence-electron chi connectivity index (χ0n) is 10.5. The molecule has 1 atom stereocenters. The monoisotopic (exact) mass is 245 g/mol. The summed E-state index contributed by atoms with van der Waals surface area (Å²) < 4.78 is 10.4. The molecule has 94 valence electrons. The van der Waals surface area contributed by atoms with Gasteiger partial charge in [0.15, 0.2) is 11.5 Å². The topological polar surface area (TPSA) is 38.8 Å². The van der Waals surface area contributed by atoms with Crippen molar-refractivity contribution >= 4 is 11.6 Å². The van der Waals surface area contributed by atoms with Crippen molar-refractivity contribution < 1.29 is 14.3 Å². The highest BCUT2D eigenvalue weighted by Crippen LogP contribution is 2.33. The van der Waals surface area contributed by atoms with E-state index >= 15 is 0 Å². The maximum atomic E-state index is 11.9. The van der Waals surface area contributed by atoms with Gasteiger partial charge in [-0.2, -0.15) is 0 Å². The summed E-state index contributed by atoms with van der Waals surface area (Å²) in [4.78, 5) is 13.5. The maximum Gasteiger partial charge on any atom is 0.228 e. The number of hydrogen-bond acceptors (Lipinski definition) is 3. The van der Waals surface area contributed by atoms with Crippen LogP contribution in [0.15, 0.2) is 18.2 Å². The lowest BCUT2D eigenvalue weighted by Gasteiger charge is -2.18. The highest BCUT2D eigenvalue weighted by Gasteiger charge is 2.29. The number of amides is 1. The van der Waals surface area contributed by atoms with E-state index in [-0.39, 0.29) is 11.8 Å². The Hall–Kier alpha value is -2.15. The van der Waals surface area contributed by atoms with Crippen molar-refractivity contribution in [2.24, 2.45) is 5.92 Å². The quantitative estimate of drug-likeness (QED) is 0.761. The molecule has 0 spiro atoms. The Labute approximate surface area is 106 Å². The fourth-order valence-corrected chi connectivity index (χ4v) is 2.06. The van der Waals surface area contributed by atoms with Gasteiger partial charge in [0.1, 0.15) is 0 Å². The first-order valence-corrected chi connectivity index (χ1v) is 5.68. The standard InChI is InChI=1S/C14H15NO3/c1-4-10-7-14(16)15(9-10)11-5-6-12(17-2)13(8-11)18-3/h1,5-6,8,10H,7,9H2,2-3H3. The Balaban J connectivity index is 2.30. The third kappa shape index (κ3) is 2.12. The van der Waals surface area contributed by atoms with E-state index in [0.29, 0.717) is 24.5 Å². The first-order chi connectivity index (χ1) is 8.69. The molecule has 1 amide bonds. The molecule has 1 fully saturated rings. The summed E-state index contributed by atoms with van der Waals surface area (Å²) in [5, 5.41) is 0. The van der Waals surface area contributed by atoms with Crippen LogP contribution in [-0.4, -0.2) is 26.7 Å². The molecule has 1 aromatic rings. The van der Waals surface area contributed by atoms with Gasteiger partial charge >= 0.3 is 0 Å². The number of methoxy groups -OCH3 is 2. The first-order valence-electron chi connectivity index (χ1n) is 5.68. The van der Waals surface area contributed by atoms with Crippen molar-refractivity contribution in [1.82, 2.24) is 0 Å². The average Bonchev–Trinajstić information content (AvgIpc) is 2.79. The minimum atomic E-state index is -0.00871.